The Bertz CT molecular complexity index is 1850. The van der Waals surface area contributed by atoms with Crippen molar-refractivity contribution in [1.29, 1.82) is 0 Å². The van der Waals surface area contributed by atoms with Crippen molar-refractivity contribution in [3.8, 4) is 16.9 Å². The molecule has 0 saturated carbocycles. The van der Waals surface area contributed by atoms with E-state index in [0.717, 1.165) is 17.7 Å². The van der Waals surface area contributed by atoms with Crippen LogP contribution in [0.5, 0.6) is 5.75 Å². The van der Waals surface area contributed by atoms with E-state index in [2.05, 4.69) is 15.3 Å². The SMILES string of the molecule is Nc1nc(N)c(-c2ccc(Cl)c(Cl)c2)c(COc2ccc(CNC(=O)c3cccc(S(=O)(=O)F)c3)cc2)n1.O=S(=O)(O)O. The van der Waals surface area contributed by atoms with Crippen LogP contribution in [-0.4, -0.2) is 41.8 Å². The minimum absolute atomic E-state index is 0.00866. The molecule has 0 spiro atoms. The topological polar surface area (TPSA) is 225 Å². The average molecular weight is 675 g/mol. The van der Waals surface area contributed by atoms with Gasteiger partial charge in [-0.1, -0.05) is 47.5 Å². The molecule has 43 heavy (non-hydrogen) atoms. The minimum Gasteiger partial charge on any atom is -0.487 e. The molecule has 7 N–H and O–H groups in total. The Hall–Kier alpha value is -4.06. The van der Waals surface area contributed by atoms with Gasteiger partial charge in [-0.2, -0.15) is 21.8 Å². The Morgan fingerprint density at radius 3 is 2.19 bits per heavy atom. The van der Waals surface area contributed by atoms with Crippen LogP contribution in [-0.2, 0) is 33.8 Å². The molecule has 0 aliphatic heterocycles. The summed E-state index contributed by atoms with van der Waals surface area (Å²) in [6.45, 7) is 0.169. The number of halogens is 3. The fourth-order valence-corrected chi connectivity index (χ4v) is 4.35. The number of benzene rings is 3. The molecule has 0 unspecified atom stereocenters. The highest BCUT2D eigenvalue weighted by molar-refractivity contribution is 7.86. The predicted octanol–water partition coefficient (Wildman–Crippen LogP) is 4.13. The molecular formula is C25H22Cl2FN5O8S2. The van der Waals surface area contributed by atoms with Gasteiger partial charge >= 0.3 is 20.6 Å². The average Bonchev–Trinajstić information content (AvgIpc) is 2.91. The van der Waals surface area contributed by atoms with Crippen molar-refractivity contribution in [2.24, 2.45) is 0 Å². The Balaban J connectivity index is 0.000000934. The molecule has 4 rings (SSSR count). The normalized spacial score (nSPS) is 11.3. The number of aromatic nitrogens is 2. The maximum atomic E-state index is 13.2. The molecule has 0 aliphatic carbocycles. The maximum absolute atomic E-state index is 13.2. The van der Waals surface area contributed by atoms with Gasteiger partial charge in [0.25, 0.3) is 5.91 Å². The van der Waals surface area contributed by atoms with Crippen molar-refractivity contribution in [1.82, 2.24) is 15.3 Å². The number of carbonyl (C=O) groups is 1. The Morgan fingerprint density at radius 2 is 1.58 bits per heavy atom. The first-order valence-electron chi connectivity index (χ1n) is 11.6. The summed E-state index contributed by atoms with van der Waals surface area (Å²) in [5, 5.41) is 3.39. The molecule has 0 fully saturated rings. The van der Waals surface area contributed by atoms with Crippen molar-refractivity contribution in [3.05, 3.63) is 93.6 Å². The van der Waals surface area contributed by atoms with Crippen LogP contribution in [0.3, 0.4) is 0 Å². The van der Waals surface area contributed by atoms with Crippen LogP contribution in [0.15, 0.2) is 71.6 Å². The van der Waals surface area contributed by atoms with Gasteiger partial charge in [0.05, 0.1) is 20.6 Å². The van der Waals surface area contributed by atoms with E-state index < -0.39 is 31.4 Å². The van der Waals surface area contributed by atoms with Gasteiger partial charge in [-0.3, -0.25) is 13.9 Å². The van der Waals surface area contributed by atoms with E-state index >= 15 is 0 Å². The van der Waals surface area contributed by atoms with E-state index in [1.807, 2.05) is 0 Å². The molecule has 0 bridgehead atoms. The quantitative estimate of drug-likeness (QED) is 0.131. The summed E-state index contributed by atoms with van der Waals surface area (Å²) in [6, 6.07) is 16.6. The van der Waals surface area contributed by atoms with Gasteiger partial charge in [0, 0.05) is 17.7 Å². The van der Waals surface area contributed by atoms with Gasteiger partial charge < -0.3 is 21.5 Å². The number of anilines is 2. The third-order valence-electron chi connectivity index (χ3n) is 5.37. The Morgan fingerprint density at radius 1 is 0.930 bits per heavy atom. The molecule has 0 aliphatic rings. The monoisotopic (exact) mass is 673 g/mol. The third-order valence-corrected chi connectivity index (χ3v) is 6.92. The summed E-state index contributed by atoms with van der Waals surface area (Å²) >= 11 is 12.2. The fourth-order valence-electron chi connectivity index (χ4n) is 3.55. The molecule has 1 aromatic heterocycles. The maximum Gasteiger partial charge on any atom is 0.394 e. The van der Waals surface area contributed by atoms with Crippen LogP contribution in [0.2, 0.25) is 10.0 Å². The number of rotatable bonds is 8. The first kappa shape index (κ1) is 33.4. The lowest BCUT2D eigenvalue weighted by Gasteiger charge is -2.14. The molecule has 18 heteroatoms. The molecule has 3 aromatic carbocycles. The number of carbonyl (C=O) groups excluding carboxylic acids is 1. The summed E-state index contributed by atoms with van der Waals surface area (Å²) < 4.78 is 72.8. The van der Waals surface area contributed by atoms with Crippen LogP contribution in [0.25, 0.3) is 11.1 Å². The lowest BCUT2D eigenvalue weighted by Crippen LogP contribution is -2.22. The zero-order chi connectivity index (χ0) is 31.9. The summed E-state index contributed by atoms with van der Waals surface area (Å²) in [7, 11) is -9.58. The molecule has 13 nitrogen and oxygen atoms in total. The van der Waals surface area contributed by atoms with Crippen LogP contribution in [0.1, 0.15) is 21.6 Å². The van der Waals surface area contributed by atoms with E-state index in [-0.39, 0.29) is 30.5 Å². The Labute approximate surface area is 255 Å². The molecular weight excluding hydrogens is 652 g/mol. The van der Waals surface area contributed by atoms with Crippen molar-refractivity contribution >= 4 is 61.5 Å². The van der Waals surface area contributed by atoms with Crippen LogP contribution >= 0.6 is 23.2 Å². The second-order valence-electron chi connectivity index (χ2n) is 8.45. The van der Waals surface area contributed by atoms with E-state index in [0.29, 0.717) is 32.6 Å². The van der Waals surface area contributed by atoms with Crippen LogP contribution in [0, 0.1) is 0 Å². The standard InChI is InChI=1S/C25H20Cl2FN5O4S.H2O4S/c26-19-9-6-15(11-20(19)27)22-21(32-25(30)33-23(22)29)13-37-17-7-4-14(5-8-17)12-31-24(34)16-2-1-3-18(10-16)38(28,35)36;1-5(2,3)4/h1-11H,12-13H2,(H,31,34)(H4,29,30,32,33);(H2,1,2,3,4). The highest BCUT2D eigenvalue weighted by atomic mass is 35.5. The number of ether oxygens (including phenoxy) is 1. The second kappa shape index (κ2) is 13.9. The van der Waals surface area contributed by atoms with E-state index in [4.69, 9.17) is 56.9 Å². The molecule has 0 radical (unpaired) electrons. The van der Waals surface area contributed by atoms with Gasteiger partial charge in [-0.05, 0) is 53.6 Å². The van der Waals surface area contributed by atoms with E-state index in [1.54, 1.807) is 42.5 Å². The molecule has 1 amide bonds. The highest BCUT2D eigenvalue weighted by Gasteiger charge is 2.17. The number of nitrogens with one attached hydrogen (secondary N) is 1. The first-order valence-corrected chi connectivity index (χ1v) is 15.2. The Kier molecular flexibility index (Phi) is 10.8. The second-order valence-corrected chi connectivity index (χ2v) is 11.5. The predicted molar refractivity (Wildman–Crippen MR) is 157 cm³/mol. The molecule has 0 atom stereocenters. The number of nitrogens with zero attached hydrogens (tertiary/aromatic N) is 2. The summed E-state index contributed by atoms with van der Waals surface area (Å²) in [4.78, 5) is 20.1. The van der Waals surface area contributed by atoms with Gasteiger partial charge in [-0.15, -0.1) is 3.89 Å². The van der Waals surface area contributed by atoms with Gasteiger partial charge in [0.2, 0.25) is 5.95 Å². The minimum atomic E-state index is -4.91. The number of hydrogen-bond donors (Lipinski definition) is 5. The third kappa shape index (κ3) is 10.3. The summed E-state index contributed by atoms with van der Waals surface area (Å²) in [5.74, 6) is 0.113. The van der Waals surface area contributed by atoms with E-state index in [1.165, 1.54) is 12.1 Å². The van der Waals surface area contributed by atoms with Crippen molar-refractivity contribution in [2.45, 2.75) is 18.0 Å². The lowest BCUT2D eigenvalue weighted by atomic mass is 10.0. The molecule has 0 saturated heterocycles. The number of amides is 1. The molecule has 4 aromatic rings. The summed E-state index contributed by atoms with van der Waals surface area (Å²) in [5.41, 5.74) is 14.3. The highest BCUT2D eigenvalue weighted by Crippen LogP contribution is 2.33. The fraction of sp³-hybridized carbons (Fsp3) is 0.0800. The first-order chi connectivity index (χ1) is 20.0. The number of nitrogen functional groups attached to an aromatic ring is 2. The van der Waals surface area contributed by atoms with Crippen LogP contribution < -0.4 is 21.5 Å². The molecule has 1 heterocycles. The zero-order valence-electron chi connectivity index (χ0n) is 21.6. The number of hydrogen-bond acceptors (Lipinski definition) is 10. The van der Waals surface area contributed by atoms with Crippen molar-refractivity contribution < 1.29 is 39.4 Å². The van der Waals surface area contributed by atoms with Gasteiger partial charge in [-0.25, -0.2) is 4.98 Å². The van der Waals surface area contributed by atoms with Gasteiger partial charge in [0.1, 0.15) is 18.2 Å². The summed E-state index contributed by atoms with van der Waals surface area (Å²) in [6.07, 6.45) is 0. The molecule has 228 valence electrons. The van der Waals surface area contributed by atoms with Crippen molar-refractivity contribution in [2.75, 3.05) is 11.5 Å². The lowest BCUT2D eigenvalue weighted by molar-refractivity contribution is 0.0950. The largest absolute Gasteiger partial charge is 0.487 e. The van der Waals surface area contributed by atoms with Gasteiger partial charge in [0.15, 0.2) is 0 Å². The van der Waals surface area contributed by atoms with Crippen LogP contribution in [0.4, 0.5) is 15.7 Å². The zero-order valence-corrected chi connectivity index (χ0v) is 24.8. The smallest absolute Gasteiger partial charge is 0.394 e. The van der Waals surface area contributed by atoms with E-state index in [9.17, 15) is 17.1 Å². The number of nitrogens with two attached hydrogens (primary N) is 2. The van der Waals surface area contributed by atoms with Crippen molar-refractivity contribution in [3.63, 3.8) is 0 Å².